The molecule has 14 nitrogen and oxygen atoms in total. The van der Waals surface area contributed by atoms with Crippen LogP contribution in [0.15, 0.2) is 72.2 Å². The number of alkyl halides is 3. The minimum atomic E-state index is -4.71. The Kier molecular flexibility index (Phi) is 17.0. The first-order valence-corrected chi connectivity index (χ1v) is 24.8. The fourth-order valence-electron chi connectivity index (χ4n) is 9.94. The van der Waals surface area contributed by atoms with Crippen molar-refractivity contribution in [2.75, 3.05) is 31.6 Å². The molecular weight excluding hydrogens is 936 g/mol. The third-order valence-electron chi connectivity index (χ3n) is 13.5. The highest BCUT2D eigenvalue weighted by Crippen LogP contribution is 2.56. The van der Waals surface area contributed by atoms with Crippen molar-refractivity contribution >= 4 is 40.7 Å². The quantitative estimate of drug-likeness (QED) is 0.0568. The average Bonchev–Trinajstić information content (AvgIpc) is 3.94. The van der Waals surface area contributed by atoms with Crippen LogP contribution >= 0.6 is 11.3 Å². The van der Waals surface area contributed by atoms with E-state index in [1.165, 1.54) is 11.0 Å². The molecule has 382 valence electrons. The van der Waals surface area contributed by atoms with Gasteiger partial charge in [0.2, 0.25) is 17.7 Å². The highest BCUT2D eigenvalue weighted by atomic mass is 32.1. The van der Waals surface area contributed by atoms with Gasteiger partial charge in [0, 0.05) is 54.2 Å². The van der Waals surface area contributed by atoms with E-state index in [9.17, 15) is 37.5 Å². The molecule has 4 aromatic rings. The molecule has 1 aliphatic carbocycles. The maximum atomic E-state index is 14.1. The number of nitrogens with zero attached hydrogens (tertiary/aromatic N) is 3. The summed E-state index contributed by atoms with van der Waals surface area (Å²) in [6.07, 6.45) is -3.76. The van der Waals surface area contributed by atoms with Crippen molar-refractivity contribution in [1.82, 2.24) is 25.8 Å². The smallest absolute Gasteiger partial charge is 0.417 e. The van der Waals surface area contributed by atoms with Crippen LogP contribution < -0.4 is 26.0 Å². The molecule has 3 aromatic carbocycles. The lowest BCUT2D eigenvalue weighted by Crippen LogP contribution is -2.74. The number of aromatic nitrogens is 1. The molecule has 0 radical (unpaired) electrons. The summed E-state index contributed by atoms with van der Waals surface area (Å²) >= 11 is 1.56. The average molecular weight is 1000 g/mol. The number of benzene rings is 3. The number of amides is 4. The number of hydrogen-bond acceptors (Lipinski definition) is 11. The second kappa shape index (κ2) is 22.2. The van der Waals surface area contributed by atoms with E-state index < -0.39 is 69.7 Å². The van der Waals surface area contributed by atoms with Crippen LogP contribution in [0.25, 0.3) is 10.4 Å². The number of carbonyl (C=O) groups excluding carboxylic acids is 4. The minimum absolute atomic E-state index is 0.00260. The molecule has 2 heterocycles. The van der Waals surface area contributed by atoms with Crippen LogP contribution in [0.1, 0.15) is 120 Å². The number of likely N-dealkylation sites (tertiary alicyclic amines) is 1. The predicted molar refractivity (Wildman–Crippen MR) is 265 cm³/mol. The third-order valence-corrected chi connectivity index (χ3v) is 14.5. The van der Waals surface area contributed by atoms with E-state index in [0.717, 1.165) is 52.4 Å². The van der Waals surface area contributed by atoms with Crippen molar-refractivity contribution in [3.63, 3.8) is 0 Å². The number of aliphatic hydroxyl groups is 1. The number of nitrogens with one attached hydrogen (secondary N) is 4. The number of carbonyl (C=O) groups is 4. The Morgan fingerprint density at radius 1 is 0.958 bits per heavy atom. The van der Waals surface area contributed by atoms with Gasteiger partial charge in [0.05, 0.1) is 45.4 Å². The number of halogens is 3. The molecule has 1 saturated carbocycles. The zero-order chi connectivity index (χ0) is 52.1. The van der Waals surface area contributed by atoms with Gasteiger partial charge in [0.15, 0.2) is 0 Å². The van der Waals surface area contributed by atoms with Gasteiger partial charge in [0.25, 0.3) is 5.91 Å². The molecule has 0 unspecified atom stereocenters. The van der Waals surface area contributed by atoms with Gasteiger partial charge in [-0.05, 0) is 92.1 Å². The molecule has 2 fully saturated rings. The summed E-state index contributed by atoms with van der Waals surface area (Å²) in [5.74, 6) is -1.60. The van der Waals surface area contributed by atoms with Crippen molar-refractivity contribution in [3.8, 4) is 22.3 Å². The number of anilines is 1. The Labute approximate surface area is 418 Å². The molecule has 2 aliphatic rings. The maximum absolute atomic E-state index is 14.1. The van der Waals surface area contributed by atoms with Crippen LogP contribution in [0, 0.1) is 34.5 Å². The van der Waals surface area contributed by atoms with Crippen LogP contribution in [-0.4, -0.2) is 95.3 Å². The number of aryl methyl sites for hydroxylation is 1. The lowest BCUT2D eigenvalue weighted by molar-refractivity contribution is -0.164. The van der Waals surface area contributed by atoms with Crippen LogP contribution in [0.4, 0.5) is 18.9 Å². The first kappa shape index (κ1) is 54.3. The van der Waals surface area contributed by atoms with Gasteiger partial charge in [0.1, 0.15) is 30.5 Å². The van der Waals surface area contributed by atoms with Gasteiger partial charge in [-0.15, -0.1) is 11.3 Å². The molecule has 1 aliphatic heterocycles. The Morgan fingerprint density at radius 2 is 1.63 bits per heavy atom. The SMILES string of the molecule is Cc1ncsc1-c1ccc([C@H](C)NC(=O)[C@@H]2C[C@@H](O)CN2C(=O)[C@@H](NC(=O)COCCCCCNc2ccc(C(=O)NC3C(C)(C)C(Oc4ccc(C#N)c(C(F)(F)F)c4)C3(C)C)cc2)C(C)(C)C)cc1. The zero-order valence-electron chi connectivity index (χ0n) is 41.8. The van der Waals surface area contributed by atoms with Crippen LogP contribution in [0.2, 0.25) is 0 Å². The van der Waals surface area contributed by atoms with Gasteiger partial charge in [-0.1, -0.05) is 72.7 Å². The van der Waals surface area contributed by atoms with Gasteiger partial charge >= 0.3 is 6.18 Å². The van der Waals surface area contributed by atoms with Gasteiger partial charge in [-0.2, -0.15) is 18.4 Å². The van der Waals surface area contributed by atoms with Crippen LogP contribution in [0.5, 0.6) is 5.75 Å². The van der Waals surface area contributed by atoms with E-state index in [2.05, 4.69) is 26.3 Å². The molecular formula is C53H66F3N7O7S. The Balaban J connectivity index is 0.893. The van der Waals surface area contributed by atoms with Crippen LogP contribution in [-0.2, 0) is 25.3 Å². The summed E-state index contributed by atoms with van der Waals surface area (Å²) in [5, 5.41) is 32.1. The fraction of sp³-hybridized carbons (Fsp3) is 0.509. The van der Waals surface area contributed by atoms with Crippen molar-refractivity contribution in [1.29, 1.82) is 5.26 Å². The molecule has 5 N–H and O–H groups in total. The maximum Gasteiger partial charge on any atom is 0.417 e. The lowest BCUT2D eigenvalue weighted by atomic mass is 9.49. The monoisotopic (exact) mass is 1000 g/mol. The fourth-order valence-corrected chi connectivity index (χ4v) is 10.8. The molecule has 18 heteroatoms. The summed E-state index contributed by atoms with van der Waals surface area (Å²) in [4.78, 5) is 61.0. The second-order valence-corrected chi connectivity index (χ2v) is 21.7. The van der Waals surface area contributed by atoms with E-state index in [4.69, 9.17) is 14.7 Å². The molecule has 4 amide bonds. The van der Waals surface area contributed by atoms with Crippen molar-refractivity contribution < 1.29 is 46.9 Å². The zero-order valence-corrected chi connectivity index (χ0v) is 42.6. The number of ether oxygens (including phenoxy) is 2. The van der Waals surface area contributed by atoms with Crippen molar-refractivity contribution in [2.24, 2.45) is 16.2 Å². The number of aliphatic hydroxyl groups excluding tert-OH is 1. The first-order chi connectivity index (χ1) is 33.3. The van der Waals surface area contributed by atoms with Gasteiger partial charge in [-0.3, -0.25) is 19.2 Å². The Morgan fingerprint density at radius 3 is 2.24 bits per heavy atom. The van der Waals surface area contributed by atoms with Crippen molar-refractivity contribution in [2.45, 2.75) is 131 Å². The second-order valence-electron chi connectivity index (χ2n) is 20.9. The van der Waals surface area contributed by atoms with E-state index in [1.807, 2.05) is 98.7 Å². The number of nitriles is 1. The predicted octanol–water partition coefficient (Wildman–Crippen LogP) is 8.59. The summed E-state index contributed by atoms with van der Waals surface area (Å²) < 4.78 is 52.6. The molecule has 1 aromatic heterocycles. The molecule has 1 saturated heterocycles. The van der Waals surface area contributed by atoms with Crippen LogP contribution in [0.3, 0.4) is 0 Å². The lowest BCUT2D eigenvalue weighted by Gasteiger charge is -2.63. The molecule has 71 heavy (non-hydrogen) atoms. The number of unbranched alkanes of at least 4 members (excludes halogenated alkanes) is 2. The highest BCUT2D eigenvalue weighted by Gasteiger charge is 2.64. The molecule has 0 bridgehead atoms. The van der Waals surface area contributed by atoms with Gasteiger partial charge < -0.3 is 40.7 Å². The van der Waals surface area contributed by atoms with Crippen molar-refractivity contribution in [3.05, 3.63) is 100 Å². The number of β-amino-alcohol motifs (C(OH)–C–C–N with tert-alkyl or cyclic N) is 1. The summed E-state index contributed by atoms with van der Waals surface area (Å²) in [7, 11) is 0. The standard InChI is InChI=1S/C53H66F3N7O7S/c1-31(33-13-15-34(16-14-33)43-32(2)59-30-71-43)60-46(67)41-25-38(64)28-63(41)47(68)44(50(3,4)5)61-42(65)29-69-24-12-10-11-23-58-37-20-17-35(18-21-37)45(66)62-48-51(6,7)49(52(48,8)9)70-39-22-19-36(27-57)40(26-39)53(54,55)56/h13-22,26,30-31,38,41,44,48-49,58,64H,10-12,23-25,28-29H2,1-9H3,(H,60,67)(H,61,65)(H,62,66)/t31-,38+,41-,44+,48?,49?/m0/s1. The summed E-state index contributed by atoms with van der Waals surface area (Å²) in [6, 6.07) is 17.2. The summed E-state index contributed by atoms with van der Waals surface area (Å²) in [6.45, 7) is 17.6. The Bertz CT molecular complexity index is 2550. The normalized spacial score (nSPS) is 20.2. The van der Waals surface area contributed by atoms with E-state index in [0.29, 0.717) is 25.1 Å². The van der Waals surface area contributed by atoms with E-state index in [1.54, 1.807) is 35.0 Å². The molecule has 0 spiro atoms. The first-order valence-electron chi connectivity index (χ1n) is 23.9. The molecule has 6 rings (SSSR count). The van der Waals surface area contributed by atoms with E-state index >= 15 is 0 Å². The number of rotatable bonds is 19. The highest BCUT2D eigenvalue weighted by molar-refractivity contribution is 7.13. The van der Waals surface area contributed by atoms with Gasteiger partial charge in [-0.25, -0.2) is 4.98 Å². The number of thiazole rings is 1. The number of hydrogen-bond donors (Lipinski definition) is 5. The third kappa shape index (κ3) is 12.9. The Hall–Kier alpha value is -6.03. The minimum Gasteiger partial charge on any atom is -0.489 e. The summed E-state index contributed by atoms with van der Waals surface area (Å²) in [5.41, 5.74) is 2.42. The molecule has 4 atom stereocenters. The largest absolute Gasteiger partial charge is 0.489 e. The topological polar surface area (TPSA) is 195 Å². The van der Waals surface area contributed by atoms with E-state index in [-0.39, 0.29) is 49.2 Å².